The Morgan fingerprint density at radius 3 is 2.72 bits per heavy atom. The van der Waals surface area contributed by atoms with Gasteiger partial charge in [-0.05, 0) is 36.6 Å². The second kappa shape index (κ2) is 9.41. The van der Waals surface area contributed by atoms with Gasteiger partial charge in [-0.1, -0.05) is 30.3 Å². The number of imidazole rings is 1. The lowest BCUT2D eigenvalue weighted by Gasteiger charge is -2.29. The van der Waals surface area contributed by atoms with E-state index in [0.29, 0.717) is 31.0 Å². The van der Waals surface area contributed by atoms with Crippen LogP contribution in [0.1, 0.15) is 41.3 Å². The van der Waals surface area contributed by atoms with Gasteiger partial charge < -0.3 is 14.2 Å². The van der Waals surface area contributed by atoms with Gasteiger partial charge >= 0.3 is 5.97 Å². The molecular weight excluding hydrogens is 460 g/mol. The van der Waals surface area contributed by atoms with E-state index in [9.17, 15) is 19.2 Å². The third kappa shape index (κ3) is 4.28. The van der Waals surface area contributed by atoms with Crippen molar-refractivity contribution in [3.8, 4) is 22.6 Å². The van der Waals surface area contributed by atoms with Gasteiger partial charge in [-0.25, -0.2) is 4.98 Å². The van der Waals surface area contributed by atoms with Gasteiger partial charge in [0.05, 0.1) is 18.7 Å². The number of carbonyl (C=O) groups is 4. The van der Waals surface area contributed by atoms with Gasteiger partial charge in [0.25, 0.3) is 5.91 Å². The summed E-state index contributed by atoms with van der Waals surface area (Å²) < 4.78 is 7.03. The highest BCUT2D eigenvalue weighted by atomic mass is 16.5. The molecule has 0 spiro atoms. The van der Waals surface area contributed by atoms with E-state index in [0.717, 1.165) is 27.9 Å². The molecule has 1 aromatic heterocycles. The van der Waals surface area contributed by atoms with Gasteiger partial charge in [-0.15, -0.1) is 0 Å². The molecule has 184 valence electrons. The van der Waals surface area contributed by atoms with Crippen LogP contribution < -0.4 is 5.32 Å². The number of rotatable bonds is 6. The van der Waals surface area contributed by atoms with Crippen LogP contribution in [-0.2, 0) is 39.1 Å². The Bertz CT molecular complexity index is 1390. The first kappa shape index (κ1) is 23.5. The molecule has 3 aromatic rings. The molecular formula is C27H26N4O5. The predicted octanol–water partition coefficient (Wildman–Crippen LogP) is 2.62. The minimum absolute atomic E-state index is 0.156. The van der Waals surface area contributed by atoms with Crippen LogP contribution in [0.25, 0.3) is 22.6 Å². The summed E-state index contributed by atoms with van der Waals surface area (Å²) in [5.41, 5.74) is 4.62. The number of hydrogen-bond acceptors (Lipinski definition) is 6. The summed E-state index contributed by atoms with van der Waals surface area (Å²) in [4.78, 5) is 55.3. The Labute approximate surface area is 208 Å². The van der Waals surface area contributed by atoms with Crippen molar-refractivity contribution in [2.24, 2.45) is 7.05 Å². The van der Waals surface area contributed by atoms with Crippen molar-refractivity contribution >= 4 is 23.7 Å². The van der Waals surface area contributed by atoms with Gasteiger partial charge in [0.2, 0.25) is 11.8 Å². The maximum absolute atomic E-state index is 13.0. The minimum Gasteiger partial charge on any atom is -0.466 e. The highest BCUT2D eigenvalue weighted by Gasteiger charge is 2.39. The zero-order valence-corrected chi connectivity index (χ0v) is 20.1. The lowest BCUT2D eigenvalue weighted by Crippen LogP contribution is -2.52. The van der Waals surface area contributed by atoms with Crippen LogP contribution in [0.2, 0.25) is 0 Å². The standard InChI is InChI=1S/C27H26N4O5/c1-3-36-24(33)13-16-6-4-5-7-19(16)25-28-21(15-30(25)2)17-8-9-20-18(12-17)14-31(27(20)35)22-10-11-23(32)29-26(22)34/h4-9,12,15,22H,3,10-11,13-14H2,1-2H3,(H,29,32,34). The van der Waals surface area contributed by atoms with E-state index in [2.05, 4.69) is 5.32 Å². The smallest absolute Gasteiger partial charge is 0.310 e. The lowest BCUT2D eigenvalue weighted by molar-refractivity contribution is -0.142. The molecule has 2 aromatic carbocycles. The summed E-state index contributed by atoms with van der Waals surface area (Å²) >= 11 is 0. The predicted molar refractivity (Wildman–Crippen MR) is 130 cm³/mol. The second-order valence-corrected chi connectivity index (χ2v) is 8.97. The number of imide groups is 1. The molecule has 9 nitrogen and oxygen atoms in total. The SMILES string of the molecule is CCOC(=O)Cc1ccccc1-c1nc(-c2ccc3c(c2)CN(C2CCC(=O)NC2=O)C3=O)cn1C. The molecule has 0 saturated carbocycles. The molecule has 36 heavy (non-hydrogen) atoms. The van der Waals surface area contributed by atoms with Gasteiger partial charge in [-0.2, -0.15) is 0 Å². The molecule has 0 bridgehead atoms. The molecule has 3 amide bonds. The molecule has 1 saturated heterocycles. The Balaban J connectivity index is 1.42. The molecule has 5 rings (SSSR count). The quantitative estimate of drug-likeness (QED) is 0.424. The average Bonchev–Trinajstić information content (AvgIpc) is 3.39. The second-order valence-electron chi connectivity index (χ2n) is 8.97. The fourth-order valence-electron chi connectivity index (χ4n) is 4.85. The number of aromatic nitrogens is 2. The number of fused-ring (bicyclic) bond motifs is 1. The first-order valence-electron chi connectivity index (χ1n) is 11.9. The maximum Gasteiger partial charge on any atom is 0.310 e. The highest BCUT2D eigenvalue weighted by Crippen LogP contribution is 2.32. The average molecular weight is 487 g/mol. The van der Waals surface area contributed by atoms with Gasteiger partial charge in [0.15, 0.2) is 0 Å². The van der Waals surface area contributed by atoms with E-state index in [1.165, 1.54) is 4.90 Å². The monoisotopic (exact) mass is 486 g/mol. The molecule has 2 aliphatic rings. The first-order valence-corrected chi connectivity index (χ1v) is 11.9. The van der Waals surface area contributed by atoms with Crippen LogP contribution in [0.15, 0.2) is 48.7 Å². The summed E-state index contributed by atoms with van der Waals surface area (Å²) in [5, 5.41) is 2.33. The van der Waals surface area contributed by atoms with E-state index in [-0.39, 0.29) is 30.6 Å². The van der Waals surface area contributed by atoms with Crippen LogP contribution in [-0.4, -0.2) is 50.8 Å². The molecule has 2 aliphatic heterocycles. The van der Waals surface area contributed by atoms with Crippen LogP contribution in [0.4, 0.5) is 0 Å². The van der Waals surface area contributed by atoms with Gasteiger partial charge in [0.1, 0.15) is 11.9 Å². The summed E-state index contributed by atoms with van der Waals surface area (Å²) in [6, 6.07) is 12.5. The summed E-state index contributed by atoms with van der Waals surface area (Å²) in [6.45, 7) is 2.41. The van der Waals surface area contributed by atoms with Crippen molar-refractivity contribution in [1.29, 1.82) is 0 Å². The van der Waals surface area contributed by atoms with Crippen molar-refractivity contribution in [3.05, 3.63) is 65.4 Å². The summed E-state index contributed by atoms with van der Waals surface area (Å²) in [5.74, 6) is -0.517. The third-order valence-corrected chi connectivity index (χ3v) is 6.59. The van der Waals surface area contributed by atoms with E-state index >= 15 is 0 Å². The minimum atomic E-state index is -0.650. The lowest BCUT2D eigenvalue weighted by atomic mass is 10.0. The Morgan fingerprint density at radius 1 is 1.14 bits per heavy atom. The zero-order chi connectivity index (χ0) is 25.4. The number of ether oxygens (including phenoxy) is 1. The number of benzene rings is 2. The van der Waals surface area contributed by atoms with Crippen molar-refractivity contribution in [2.75, 3.05) is 6.61 Å². The maximum atomic E-state index is 13.0. The molecule has 1 N–H and O–H groups in total. The fourth-order valence-corrected chi connectivity index (χ4v) is 4.85. The van der Waals surface area contributed by atoms with Gasteiger partial charge in [-0.3, -0.25) is 24.5 Å². The molecule has 0 aliphatic carbocycles. The van der Waals surface area contributed by atoms with Crippen LogP contribution in [0, 0.1) is 0 Å². The normalized spacial score (nSPS) is 17.2. The van der Waals surface area contributed by atoms with Gasteiger partial charge in [0, 0.05) is 42.9 Å². The molecule has 1 fully saturated rings. The Hall–Kier alpha value is -4.27. The van der Waals surface area contributed by atoms with Crippen LogP contribution in [0.3, 0.4) is 0 Å². The van der Waals surface area contributed by atoms with Crippen molar-refractivity contribution in [3.63, 3.8) is 0 Å². The Morgan fingerprint density at radius 2 is 1.94 bits per heavy atom. The number of aryl methyl sites for hydroxylation is 1. The zero-order valence-electron chi connectivity index (χ0n) is 20.1. The molecule has 1 atom stereocenters. The number of hydrogen-bond donors (Lipinski definition) is 1. The molecule has 1 unspecified atom stereocenters. The fraction of sp³-hybridized carbons (Fsp3) is 0.296. The van der Waals surface area contributed by atoms with Crippen LogP contribution in [0.5, 0.6) is 0 Å². The molecule has 9 heteroatoms. The number of piperidine rings is 1. The van der Waals surface area contributed by atoms with E-state index < -0.39 is 11.9 Å². The number of nitrogens with one attached hydrogen (secondary N) is 1. The molecule has 3 heterocycles. The van der Waals surface area contributed by atoms with E-state index in [1.54, 1.807) is 13.0 Å². The highest BCUT2D eigenvalue weighted by molar-refractivity contribution is 6.05. The van der Waals surface area contributed by atoms with Crippen molar-refractivity contribution in [1.82, 2.24) is 19.8 Å². The summed E-state index contributed by atoms with van der Waals surface area (Å²) in [7, 11) is 1.90. The van der Waals surface area contributed by atoms with Crippen molar-refractivity contribution in [2.45, 2.75) is 38.8 Å². The molecule has 0 radical (unpaired) electrons. The number of nitrogens with zero attached hydrogens (tertiary/aromatic N) is 3. The largest absolute Gasteiger partial charge is 0.466 e. The third-order valence-electron chi connectivity index (χ3n) is 6.59. The number of carbonyl (C=O) groups excluding carboxylic acids is 4. The number of esters is 1. The van der Waals surface area contributed by atoms with Crippen LogP contribution >= 0.6 is 0 Å². The first-order chi connectivity index (χ1) is 17.4. The van der Waals surface area contributed by atoms with E-state index in [1.807, 2.05) is 54.2 Å². The summed E-state index contributed by atoms with van der Waals surface area (Å²) in [6.07, 6.45) is 2.61. The van der Waals surface area contributed by atoms with E-state index in [4.69, 9.17) is 9.72 Å². The topological polar surface area (TPSA) is 111 Å². The Kier molecular flexibility index (Phi) is 6.13. The number of amides is 3. The van der Waals surface area contributed by atoms with Crippen molar-refractivity contribution < 1.29 is 23.9 Å².